The van der Waals surface area contributed by atoms with Gasteiger partial charge in [-0.05, 0) is 20.3 Å². The van der Waals surface area contributed by atoms with Crippen LogP contribution in [0.5, 0.6) is 0 Å². The van der Waals surface area contributed by atoms with Crippen molar-refractivity contribution in [3.05, 3.63) is 32.8 Å². The minimum Gasteiger partial charge on any atom is -0.351 e. The Kier molecular flexibility index (Phi) is 5.72. The minimum absolute atomic E-state index is 0.245. The summed E-state index contributed by atoms with van der Waals surface area (Å²) < 4.78 is 3.18. The van der Waals surface area contributed by atoms with Crippen molar-refractivity contribution in [2.75, 3.05) is 6.54 Å². The second-order valence-corrected chi connectivity index (χ2v) is 5.82. The van der Waals surface area contributed by atoms with Gasteiger partial charge in [0, 0.05) is 19.6 Å². The van der Waals surface area contributed by atoms with Crippen molar-refractivity contribution in [2.24, 2.45) is 0 Å². The summed E-state index contributed by atoms with van der Waals surface area (Å²) in [7, 11) is 0. The third-order valence-electron chi connectivity index (χ3n) is 3.14. The molecule has 1 N–H and O–H groups in total. The maximum absolute atomic E-state index is 12.1. The zero-order chi connectivity index (χ0) is 16.3. The number of amides is 1. The molecule has 0 aliphatic carbocycles. The van der Waals surface area contributed by atoms with Crippen molar-refractivity contribution >= 4 is 40.7 Å². The molecule has 2 aromatic heterocycles. The van der Waals surface area contributed by atoms with E-state index in [1.165, 1.54) is 6.20 Å². The van der Waals surface area contributed by atoms with Crippen LogP contribution in [0.1, 0.15) is 29.5 Å². The summed E-state index contributed by atoms with van der Waals surface area (Å²) in [5.41, 5.74) is 1.06. The number of carbonyl (C=O) groups excluding carboxylic acids is 1. The predicted molar refractivity (Wildman–Crippen MR) is 86.8 cm³/mol. The van der Waals surface area contributed by atoms with Gasteiger partial charge in [0.05, 0.1) is 16.9 Å². The summed E-state index contributed by atoms with van der Waals surface area (Å²) in [6.07, 6.45) is 2.13. The van der Waals surface area contributed by atoms with E-state index in [4.69, 9.17) is 34.8 Å². The normalized spacial score (nSPS) is 11.0. The highest BCUT2D eigenvalue weighted by Gasteiger charge is 2.16. The van der Waals surface area contributed by atoms with E-state index in [0.29, 0.717) is 52.6 Å². The molecule has 2 heterocycles. The summed E-state index contributed by atoms with van der Waals surface area (Å²) in [6, 6.07) is 0. The van der Waals surface area contributed by atoms with Gasteiger partial charge in [-0.1, -0.05) is 34.8 Å². The van der Waals surface area contributed by atoms with Gasteiger partial charge >= 0.3 is 0 Å². The molecule has 0 unspecified atom stereocenters. The molecule has 0 aromatic carbocycles. The van der Waals surface area contributed by atoms with Crippen molar-refractivity contribution in [3.63, 3.8) is 0 Å². The smallest absolute Gasteiger partial charge is 0.271 e. The summed E-state index contributed by atoms with van der Waals surface area (Å²) >= 11 is 18.0. The quantitative estimate of drug-likeness (QED) is 0.801. The number of hydrogen-bond acceptors (Lipinski definition) is 3. The van der Waals surface area contributed by atoms with Crippen molar-refractivity contribution in [1.82, 2.24) is 24.9 Å². The molecular formula is C13H16Cl3N5O. The van der Waals surface area contributed by atoms with Crippen LogP contribution in [0.3, 0.4) is 0 Å². The van der Waals surface area contributed by atoms with Crippen LogP contribution < -0.4 is 5.32 Å². The van der Waals surface area contributed by atoms with Gasteiger partial charge in [0.2, 0.25) is 0 Å². The summed E-state index contributed by atoms with van der Waals surface area (Å²) in [4.78, 5) is 12.1. The molecule has 2 aromatic rings. The summed E-state index contributed by atoms with van der Waals surface area (Å²) in [6.45, 7) is 5.30. The second-order valence-electron chi connectivity index (χ2n) is 4.68. The molecule has 1 amide bonds. The molecule has 120 valence electrons. The largest absolute Gasteiger partial charge is 0.351 e. The SMILES string of the molecule is CCn1ncc(Cl)c1C(=O)NCCCn1nc(C)c(Cl)c1Cl. The summed E-state index contributed by atoms with van der Waals surface area (Å²) in [5, 5.41) is 12.3. The maximum atomic E-state index is 12.1. The molecule has 0 bridgehead atoms. The number of carbonyl (C=O) groups is 1. The molecule has 2 rings (SSSR count). The highest BCUT2D eigenvalue weighted by molar-refractivity contribution is 6.41. The first kappa shape index (κ1) is 17.1. The van der Waals surface area contributed by atoms with Crippen molar-refractivity contribution in [3.8, 4) is 0 Å². The standard InChI is InChI=1S/C13H16Cl3N5O/c1-3-20-11(9(14)7-18-20)13(22)17-5-4-6-21-12(16)10(15)8(2)19-21/h7H,3-6H2,1-2H3,(H,17,22). The Morgan fingerprint density at radius 2 is 2.05 bits per heavy atom. The van der Waals surface area contributed by atoms with Gasteiger partial charge in [-0.25, -0.2) is 0 Å². The van der Waals surface area contributed by atoms with E-state index in [1.807, 2.05) is 6.92 Å². The molecule has 0 saturated heterocycles. The Morgan fingerprint density at radius 3 is 2.64 bits per heavy atom. The molecule has 9 heteroatoms. The molecule has 0 fully saturated rings. The predicted octanol–water partition coefficient (Wildman–Crippen LogP) is 3.19. The number of nitrogens with zero attached hydrogens (tertiary/aromatic N) is 4. The van der Waals surface area contributed by atoms with Crippen LogP contribution in [-0.4, -0.2) is 32.0 Å². The van der Waals surface area contributed by atoms with Crippen LogP contribution in [0.4, 0.5) is 0 Å². The zero-order valence-corrected chi connectivity index (χ0v) is 14.5. The number of halogens is 3. The first-order valence-corrected chi connectivity index (χ1v) is 7.97. The molecule has 0 saturated carbocycles. The second kappa shape index (κ2) is 7.35. The van der Waals surface area contributed by atoms with E-state index in [9.17, 15) is 4.79 Å². The Hall–Kier alpha value is -1.24. The lowest BCUT2D eigenvalue weighted by molar-refractivity contribution is 0.0942. The van der Waals surface area contributed by atoms with Gasteiger partial charge in [0.25, 0.3) is 5.91 Å². The topological polar surface area (TPSA) is 64.7 Å². The van der Waals surface area contributed by atoms with Crippen LogP contribution >= 0.6 is 34.8 Å². The van der Waals surface area contributed by atoms with Crippen LogP contribution in [-0.2, 0) is 13.1 Å². The Balaban J connectivity index is 1.87. The summed E-state index contributed by atoms with van der Waals surface area (Å²) in [5.74, 6) is -0.245. The number of nitrogens with one attached hydrogen (secondary N) is 1. The average Bonchev–Trinajstić information content (AvgIpc) is 2.99. The first-order valence-electron chi connectivity index (χ1n) is 6.83. The van der Waals surface area contributed by atoms with E-state index < -0.39 is 0 Å². The Bertz CT molecular complexity index is 680. The fourth-order valence-electron chi connectivity index (χ4n) is 2.02. The molecule has 0 aliphatic rings. The van der Waals surface area contributed by atoms with Gasteiger partial charge in [-0.15, -0.1) is 0 Å². The van der Waals surface area contributed by atoms with Crippen LogP contribution in [0.25, 0.3) is 0 Å². The van der Waals surface area contributed by atoms with Crippen molar-refractivity contribution < 1.29 is 4.79 Å². The minimum atomic E-state index is -0.245. The van der Waals surface area contributed by atoms with E-state index >= 15 is 0 Å². The molecule has 0 atom stereocenters. The van der Waals surface area contributed by atoms with E-state index in [-0.39, 0.29) is 5.91 Å². The van der Waals surface area contributed by atoms with Gasteiger partial charge < -0.3 is 5.32 Å². The van der Waals surface area contributed by atoms with Crippen molar-refractivity contribution in [1.29, 1.82) is 0 Å². The fourth-order valence-corrected chi connectivity index (χ4v) is 2.64. The molecule has 22 heavy (non-hydrogen) atoms. The third-order valence-corrected chi connectivity index (χ3v) is 4.35. The van der Waals surface area contributed by atoms with Gasteiger partial charge in [0.15, 0.2) is 0 Å². The lowest BCUT2D eigenvalue weighted by Crippen LogP contribution is -2.28. The molecule has 6 nitrogen and oxygen atoms in total. The maximum Gasteiger partial charge on any atom is 0.271 e. The Morgan fingerprint density at radius 1 is 1.32 bits per heavy atom. The fraction of sp³-hybridized carbons (Fsp3) is 0.462. The lowest BCUT2D eigenvalue weighted by atomic mass is 10.3. The molecule has 0 aliphatic heterocycles. The zero-order valence-electron chi connectivity index (χ0n) is 12.2. The number of aryl methyl sites for hydroxylation is 3. The molecular weight excluding hydrogens is 349 g/mol. The average molecular weight is 365 g/mol. The number of hydrogen-bond donors (Lipinski definition) is 1. The lowest BCUT2D eigenvalue weighted by Gasteiger charge is -2.08. The first-order chi connectivity index (χ1) is 10.5. The van der Waals surface area contributed by atoms with Gasteiger partial charge in [-0.2, -0.15) is 10.2 Å². The van der Waals surface area contributed by atoms with Crippen LogP contribution in [0.15, 0.2) is 6.20 Å². The Labute approximate surface area is 143 Å². The molecule has 0 spiro atoms. The number of aromatic nitrogens is 4. The van der Waals surface area contributed by atoms with E-state index in [2.05, 4.69) is 15.5 Å². The number of rotatable bonds is 6. The molecule has 0 radical (unpaired) electrons. The third kappa shape index (κ3) is 3.56. The van der Waals surface area contributed by atoms with Gasteiger partial charge in [-0.3, -0.25) is 14.2 Å². The highest BCUT2D eigenvalue weighted by Crippen LogP contribution is 2.24. The van der Waals surface area contributed by atoms with E-state index in [0.717, 1.165) is 0 Å². The van der Waals surface area contributed by atoms with Crippen LogP contribution in [0.2, 0.25) is 15.2 Å². The highest BCUT2D eigenvalue weighted by atomic mass is 35.5. The van der Waals surface area contributed by atoms with E-state index in [1.54, 1.807) is 16.3 Å². The van der Waals surface area contributed by atoms with Gasteiger partial charge in [0.1, 0.15) is 15.9 Å². The van der Waals surface area contributed by atoms with Crippen molar-refractivity contribution in [2.45, 2.75) is 33.4 Å². The monoisotopic (exact) mass is 363 g/mol. The van der Waals surface area contributed by atoms with Crippen LogP contribution in [0, 0.1) is 6.92 Å².